The standard InChI is InChI=1S/C19H24N4O2.2ClH/c1-25-17-7-5-16(6-8-17)21-19(24)9-11-22-12-14-23(15-13-22)18-4-2-3-10-20-18;;/h2-8,10H,9,11-15H2,1H3,(H,21,24);2*1H. The molecule has 1 saturated heterocycles. The van der Waals surface area contributed by atoms with Crippen molar-refractivity contribution in [1.29, 1.82) is 0 Å². The zero-order chi connectivity index (χ0) is 17.5. The van der Waals surface area contributed by atoms with Crippen molar-refractivity contribution < 1.29 is 9.53 Å². The maximum Gasteiger partial charge on any atom is 0.225 e. The molecule has 0 spiro atoms. The van der Waals surface area contributed by atoms with Crippen LogP contribution < -0.4 is 15.0 Å². The molecule has 1 aromatic heterocycles. The molecular formula is C19H26Cl2N4O2. The summed E-state index contributed by atoms with van der Waals surface area (Å²) in [5, 5.41) is 2.93. The van der Waals surface area contributed by atoms with Gasteiger partial charge in [-0.25, -0.2) is 4.98 Å². The lowest BCUT2D eigenvalue weighted by molar-refractivity contribution is -0.116. The molecule has 1 aliphatic heterocycles. The van der Waals surface area contributed by atoms with Crippen LogP contribution >= 0.6 is 24.8 Å². The number of amides is 1. The number of piperazine rings is 1. The highest BCUT2D eigenvalue weighted by molar-refractivity contribution is 5.90. The Bertz CT molecular complexity index is 678. The molecule has 3 rings (SSSR count). The van der Waals surface area contributed by atoms with E-state index in [4.69, 9.17) is 4.74 Å². The molecule has 0 unspecified atom stereocenters. The first-order valence-electron chi connectivity index (χ1n) is 8.57. The number of carbonyl (C=O) groups excluding carboxylic acids is 1. The predicted molar refractivity (Wildman–Crippen MR) is 114 cm³/mol. The largest absolute Gasteiger partial charge is 0.497 e. The first kappa shape index (κ1) is 23.0. The van der Waals surface area contributed by atoms with Gasteiger partial charge in [0.1, 0.15) is 11.6 Å². The topological polar surface area (TPSA) is 57.7 Å². The number of aromatic nitrogens is 1. The third kappa shape index (κ3) is 6.90. The van der Waals surface area contributed by atoms with Crippen LogP contribution in [0.25, 0.3) is 0 Å². The molecule has 0 atom stereocenters. The van der Waals surface area contributed by atoms with Crippen molar-refractivity contribution in [2.75, 3.05) is 50.1 Å². The highest BCUT2D eigenvalue weighted by atomic mass is 35.5. The van der Waals surface area contributed by atoms with Crippen molar-refractivity contribution in [3.8, 4) is 5.75 Å². The number of anilines is 2. The first-order valence-corrected chi connectivity index (χ1v) is 8.57. The van der Waals surface area contributed by atoms with E-state index >= 15 is 0 Å². The van der Waals surface area contributed by atoms with Gasteiger partial charge in [-0.3, -0.25) is 9.69 Å². The monoisotopic (exact) mass is 412 g/mol. The number of rotatable bonds is 6. The van der Waals surface area contributed by atoms with Crippen molar-refractivity contribution in [2.24, 2.45) is 0 Å². The van der Waals surface area contributed by atoms with E-state index in [0.29, 0.717) is 6.42 Å². The minimum absolute atomic E-state index is 0. The Morgan fingerprint density at radius 2 is 1.78 bits per heavy atom. The summed E-state index contributed by atoms with van der Waals surface area (Å²) in [4.78, 5) is 21.1. The SMILES string of the molecule is COc1ccc(NC(=O)CCN2CCN(c3ccccn3)CC2)cc1.Cl.Cl. The van der Waals surface area contributed by atoms with Gasteiger partial charge in [0.25, 0.3) is 0 Å². The molecule has 27 heavy (non-hydrogen) atoms. The maximum atomic E-state index is 12.1. The molecule has 0 radical (unpaired) electrons. The highest BCUT2D eigenvalue weighted by Crippen LogP contribution is 2.16. The van der Waals surface area contributed by atoms with Gasteiger partial charge in [-0.05, 0) is 36.4 Å². The van der Waals surface area contributed by atoms with Gasteiger partial charge < -0.3 is 15.0 Å². The Hall–Kier alpha value is -2.02. The van der Waals surface area contributed by atoms with E-state index in [2.05, 4.69) is 20.1 Å². The summed E-state index contributed by atoms with van der Waals surface area (Å²) in [6.45, 7) is 4.56. The van der Waals surface area contributed by atoms with Crippen LogP contribution in [0.2, 0.25) is 0 Å². The number of hydrogen-bond donors (Lipinski definition) is 1. The van der Waals surface area contributed by atoms with Gasteiger partial charge in [-0.1, -0.05) is 6.07 Å². The predicted octanol–water partition coefficient (Wildman–Crippen LogP) is 3.08. The summed E-state index contributed by atoms with van der Waals surface area (Å²) in [6.07, 6.45) is 2.32. The van der Waals surface area contributed by atoms with Crippen molar-refractivity contribution in [1.82, 2.24) is 9.88 Å². The van der Waals surface area contributed by atoms with Gasteiger partial charge in [0.05, 0.1) is 7.11 Å². The summed E-state index contributed by atoms with van der Waals surface area (Å²) in [5.41, 5.74) is 0.797. The number of nitrogens with one attached hydrogen (secondary N) is 1. The van der Waals surface area contributed by atoms with E-state index < -0.39 is 0 Å². The smallest absolute Gasteiger partial charge is 0.225 e. The Kier molecular flexibility index (Phi) is 9.93. The lowest BCUT2D eigenvalue weighted by atomic mass is 10.2. The Balaban J connectivity index is 0.00000182. The van der Waals surface area contributed by atoms with Crippen LogP contribution in [0.4, 0.5) is 11.5 Å². The van der Waals surface area contributed by atoms with Gasteiger partial charge in [-0.15, -0.1) is 24.8 Å². The molecule has 8 heteroatoms. The van der Waals surface area contributed by atoms with Gasteiger partial charge >= 0.3 is 0 Å². The second kappa shape index (κ2) is 11.6. The normalized spacial score (nSPS) is 13.9. The van der Waals surface area contributed by atoms with E-state index in [9.17, 15) is 4.79 Å². The van der Waals surface area contributed by atoms with Crippen molar-refractivity contribution in [3.05, 3.63) is 48.7 Å². The summed E-state index contributed by atoms with van der Waals surface area (Å²) >= 11 is 0. The lowest BCUT2D eigenvalue weighted by Crippen LogP contribution is -2.47. The van der Waals surface area contributed by atoms with Crippen molar-refractivity contribution in [3.63, 3.8) is 0 Å². The number of nitrogens with zero attached hydrogens (tertiary/aromatic N) is 3. The zero-order valence-electron chi connectivity index (χ0n) is 15.3. The maximum absolute atomic E-state index is 12.1. The number of benzene rings is 1. The van der Waals surface area contributed by atoms with Crippen LogP contribution in [0.3, 0.4) is 0 Å². The highest BCUT2D eigenvalue weighted by Gasteiger charge is 2.18. The van der Waals surface area contributed by atoms with E-state index in [-0.39, 0.29) is 30.7 Å². The van der Waals surface area contributed by atoms with Gasteiger partial charge in [0, 0.05) is 51.0 Å². The van der Waals surface area contributed by atoms with Crippen LogP contribution in [0.1, 0.15) is 6.42 Å². The van der Waals surface area contributed by atoms with Crippen LogP contribution in [0, 0.1) is 0 Å². The van der Waals surface area contributed by atoms with Crippen LogP contribution in [-0.2, 0) is 4.79 Å². The second-order valence-corrected chi connectivity index (χ2v) is 6.04. The number of ether oxygens (including phenoxy) is 1. The number of halogens is 2. The van der Waals surface area contributed by atoms with E-state index in [1.165, 1.54) is 0 Å². The Labute approximate surface area is 172 Å². The molecule has 2 aromatic rings. The fraction of sp³-hybridized carbons (Fsp3) is 0.368. The summed E-state index contributed by atoms with van der Waals surface area (Å²) in [5.74, 6) is 1.85. The number of hydrogen-bond acceptors (Lipinski definition) is 5. The quantitative estimate of drug-likeness (QED) is 0.789. The van der Waals surface area contributed by atoms with Gasteiger partial charge in [0.15, 0.2) is 0 Å². The second-order valence-electron chi connectivity index (χ2n) is 6.04. The molecule has 2 heterocycles. The molecule has 148 valence electrons. The summed E-state index contributed by atoms with van der Waals surface area (Å²) in [6, 6.07) is 13.4. The molecule has 1 aliphatic rings. The molecule has 1 N–H and O–H groups in total. The first-order chi connectivity index (χ1) is 12.2. The van der Waals surface area contributed by atoms with Gasteiger partial charge in [0.2, 0.25) is 5.91 Å². The minimum atomic E-state index is 0. The fourth-order valence-electron chi connectivity index (χ4n) is 2.90. The molecule has 1 aromatic carbocycles. The van der Waals surface area contributed by atoms with Crippen LogP contribution in [0.15, 0.2) is 48.7 Å². The Morgan fingerprint density at radius 1 is 1.07 bits per heavy atom. The third-order valence-corrected chi connectivity index (χ3v) is 4.37. The van der Waals surface area contributed by atoms with E-state index in [1.54, 1.807) is 7.11 Å². The molecule has 6 nitrogen and oxygen atoms in total. The van der Waals surface area contributed by atoms with Crippen LogP contribution in [0.5, 0.6) is 5.75 Å². The average Bonchev–Trinajstić information content (AvgIpc) is 2.68. The summed E-state index contributed by atoms with van der Waals surface area (Å²) < 4.78 is 5.11. The Morgan fingerprint density at radius 3 is 2.37 bits per heavy atom. The molecule has 1 fully saturated rings. The van der Waals surface area contributed by atoms with E-state index in [0.717, 1.165) is 50.0 Å². The van der Waals surface area contributed by atoms with Crippen molar-refractivity contribution in [2.45, 2.75) is 6.42 Å². The zero-order valence-corrected chi connectivity index (χ0v) is 17.0. The van der Waals surface area contributed by atoms with Crippen LogP contribution in [-0.4, -0.2) is 55.6 Å². The fourth-order valence-corrected chi connectivity index (χ4v) is 2.90. The molecular weight excluding hydrogens is 387 g/mol. The van der Waals surface area contributed by atoms with E-state index in [1.807, 2.05) is 48.7 Å². The van der Waals surface area contributed by atoms with Gasteiger partial charge in [-0.2, -0.15) is 0 Å². The average molecular weight is 413 g/mol. The number of carbonyl (C=O) groups is 1. The third-order valence-electron chi connectivity index (χ3n) is 4.37. The van der Waals surface area contributed by atoms with Crippen molar-refractivity contribution >= 4 is 42.2 Å². The minimum Gasteiger partial charge on any atom is -0.497 e. The lowest BCUT2D eigenvalue weighted by Gasteiger charge is -2.35. The molecule has 0 aliphatic carbocycles. The molecule has 0 bridgehead atoms. The molecule has 0 saturated carbocycles. The number of methoxy groups -OCH3 is 1. The molecule has 1 amide bonds. The number of pyridine rings is 1. The summed E-state index contributed by atoms with van der Waals surface area (Å²) in [7, 11) is 1.63.